The number of anilines is 1. The molecule has 0 saturated carbocycles. The zero-order valence-electron chi connectivity index (χ0n) is 14.8. The van der Waals surface area contributed by atoms with Crippen LogP contribution in [0.3, 0.4) is 0 Å². The van der Waals surface area contributed by atoms with Crippen molar-refractivity contribution in [1.82, 2.24) is 15.8 Å². The molecule has 144 valence electrons. The van der Waals surface area contributed by atoms with Gasteiger partial charge < -0.3 is 5.32 Å². The molecule has 1 fully saturated rings. The van der Waals surface area contributed by atoms with Gasteiger partial charge in [-0.1, -0.05) is 35.9 Å². The van der Waals surface area contributed by atoms with E-state index in [4.69, 9.17) is 11.6 Å². The van der Waals surface area contributed by atoms with Crippen LogP contribution >= 0.6 is 22.9 Å². The van der Waals surface area contributed by atoms with E-state index in [1.807, 2.05) is 24.3 Å². The predicted octanol–water partition coefficient (Wildman–Crippen LogP) is 3.93. The van der Waals surface area contributed by atoms with Crippen molar-refractivity contribution < 1.29 is 9.18 Å². The summed E-state index contributed by atoms with van der Waals surface area (Å²) in [4.78, 5) is 18.1. The van der Waals surface area contributed by atoms with Crippen molar-refractivity contribution in [2.24, 2.45) is 5.92 Å². The summed E-state index contributed by atoms with van der Waals surface area (Å²) in [6.07, 6.45) is 2.47. The smallest absolute Gasteiger partial charge is 0.232 e. The third-order valence-corrected chi connectivity index (χ3v) is 5.75. The molecule has 0 aliphatic carbocycles. The second kappa shape index (κ2) is 8.36. The van der Waals surface area contributed by atoms with E-state index in [1.165, 1.54) is 23.5 Å². The first kappa shape index (κ1) is 19.0. The van der Waals surface area contributed by atoms with E-state index >= 15 is 0 Å². The normalized spacial score (nSPS) is 18.9. The molecular weight excluding hydrogens is 399 g/mol. The lowest BCUT2D eigenvalue weighted by molar-refractivity contribution is -0.119. The second-order valence-corrected chi connectivity index (χ2v) is 8.14. The molecule has 2 aromatic carbocycles. The molecular formula is C20H18ClFN4OS. The highest BCUT2D eigenvalue weighted by Gasteiger charge is 2.34. The number of halogens is 2. The van der Waals surface area contributed by atoms with Gasteiger partial charge in [-0.2, -0.15) is 0 Å². The molecule has 4 rings (SSSR count). The molecule has 3 N–H and O–H groups in total. The number of aromatic nitrogens is 1. The highest BCUT2D eigenvalue weighted by atomic mass is 35.5. The zero-order chi connectivity index (χ0) is 19.5. The summed E-state index contributed by atoms with van der Waals surface area (Å²) in [5, 5.41) is 4.16. The summed E-state index contributed by atoms with van der Waals surface area (Å²) in [6.45, 7) is 0.481. The van der Waals surface area contributed by atoms with E-state index in [0.29, 0.717) is 23.1 Å². The average Bonchev–Trinajstić information content (AvgIpc) is 3.32. The van der Waals surface area contributed by atoms with E-state index in [-0.39, 0.29) is 23.7 Å². The van der Waals surface area contributed by atoms with Crippen molar-refractivity contribution in [3.05, 3.63) is 81.6 Å². The highest BCUT2D eigenvalue weighted by molar-refractivity contribution is 7.15. The van der Waals surface area contributed by atoms with Gasteiger partial charge in [0, 0.05) is 29.1 Å². The van der Waals surface area contributed by atoms with Crippen molar-refractivity contribution >= 4 is 34.0 Å². The van der Waals surface area contributed by atoms with Gasteiger partial charge >= 0.3 is 0 Å². The Kier molecular flexibility index (Phi) is 5.68. The van der Waals surface area contributed by atoms with Gasteiger partial charge in [0.25, 0.3) is 0 Å². The minimum atomic E-state index is -0.328. The number of carbonyl (C=O) groups is 1. The first-order chi connectivity index (χ1) is 13.6. The van der Waals surface area contributed by atoms with E-state index in [2.05, 4.69) is 21.2 Å². The molecule has 5 nitrogen and oxygen atoms in total. The first-order valence-electron chi connectivity index (χ1n) is 8.82. The number of hydrogen-bond acceptors (Lipinski definition) is 5. The maximum atomic E-state index is 13.2. The monoisotopic (exact) mass is 416 g/mol. The van der Waals surface area contributed by atoms with Crippen LogP contribution < -0.4 is 16.2 Å². The SMILES string of the molecule is O=C(Nc1ncc(Cc2cccc(Cl)c2)s1)C1CNNC1c1ccc(F)cc1. The molecule has 1 amide bonds. The van der Waals surface area contributed by atoms with Crippen molar-refractivity contribution in [2.45, 2.75) is 12.5 Å². The number of rotatable bonds is 5. The van der Waals surface area contributed by atoms with E-state index in [1.54, 1.807) is 18.3 Å². The van der Waals surface area contributed by atoms with Gasteiger partial charge in [0.15, 0.2) is 5.13 Å². The second-order valence-electron chi connectivity index (χ2n) is 6.59. The first-order valence-corrected chi connectivity index (χ1v) is 10.0. The number of hydrazine groups is 1. The summed E-state index contributed by atoms with van der Waals surface area (Å²) in [5.41, 5.74) is 8.05. The lowest BCUT2D eigenvalue weighted by atomic mass is 9.94. The number of carbonyl (C=O) groups excluding carboxylic acids is 1. The molecule has 0 radical (unpaired) electrons. The van der Waals surface area contributed by atoms with Gasteiger partial charge in [-0.05, 0) is 35.4 Å². The van der Waals surface area contributed by atoms with Gasteiger partial charge in [-0.25, -0.2) is 14.8 Å². The fourth-order valence-electron chi connectivity index (χ4n) is 3.22. The summed E-state index contributed by atoms with van der Waals surface area (Å²) in [6, 6.07) is 13.6. The Labute approximate surface area is 170 Å². The Morgan fingerprint density at radius 2 is 2.11 bits per heavy atom. The Morgan fingerprint density at radius 1 is 1.29 bits per heavy atom. The molecule has 0 bridgehead atoms. The maximum Gasteiger partial charge on any atom is 0.232 e. The summed E-state index contributed by atoms with van der Waals surface area (Å²) in [7, 11) is 0. The quantitative estimate of drug-likeness (QED) is 0.589. The number of amides is 1. The topological polar surface area (TPSA) is 66.0 Å². The van der Waals surface area contributed by atoms with Crippen LogP contribution in [0.5, 0.6) is 0 Å². The van der Waals surface area contributed by atoms with Crippen LogP contribution in [-0.2, 0) is 11.2 Å². The van der Waals surface area contributed by atoms with E-state index < -0.39 is 0 Å². The molecule has 28 heavy (non-hydrogen) atoms. The van der Waals surface area contributed by atoms with Crippen molar-refractivity contribution in [2.75, 3.05) is 11.9 Å². The van der Waals surface area contributed by atoms with Gasteiger partial charge in [0.2, 0.25) is 5.91 Å². The molecule has 1 aromatic heterocycles. The fraction of sp³-hybridized carbons (Fsp3) is 0.200. The largest absolute Gasteiger partial charge is 0.302 e. The fourth-order valence-corrected chi connectivity index (χ4v) is 4.28. The Morgan fingerprint density at radius 3 is 2.89 bits per heavy atom. The molecule has 1 saturated heterocycles. The van der Waals surface area contributed by atoms with Crippen LogP contribution in [-0.4, -0.2) is 17.4 Å². The molecule has 1 aliphatic rings. The van der Waals surface area contributed by atoms with Crippen LogP contribution in [0.15, 0.2) is 54.7 Å². The Bertz CT molecular complexity index is 978. The summed E-state index contributed by atoms with van der Waals surface area (Å²) < 4.78 is 13.2. The van der Waals surface area contributed by atoms with E-state index in [9.17, 15) is 9.18 Å². The number of nitrogens with one attached hydrogen (secondary N) is 3. The molecule has 1 aliphatic heterocycles. The lowest BCUT2D eigenvalue weighted by Crippen LogP contribution is -2.29. The standard InChI is InChI=1S/C20H18ClFN4OS/c21-14-3-1-2-12(8-14)9-16-10-23-20(28-16)25-19(27)17-11-24-26-18(17)13-4-6-15(22)7-5-13/h1-8,10,17-18,24,26H,9,11H2,(H,23,25,27). The minimum absolute atomic E-state index is 0.129. The molecule has 2 atom stereocenters. The van der Waals surface area contributed by atoms with Crippen molar-refractivity contribution in [3.8, 4) is 0 Å². The summed E-state index contributed by atoms with van der Waals surface area (Å²) in [5.74, 6) is -0.757. The minimum Gasteiger partial charge on any atom is -0.302 e. The van der Waals surface area contributed by atoms with Crippen molar-refractivity contribution in [1.29, 1.82) is 0 Å². The number of benzene rings is 2. The molecule has 2 heterocycles. The highest BCUT2D eigenvalue weighted by Crippen LogP contribution is 2.28. The van der Waals surface area contributed by atoms with Gasteiger partial charge in [0.1, 0.15) is 5.82 Å². The summed E-state index contributed by atoms with van der Waals surface area (Å²) >= 11 is 7.47. The van der Waals surface area contributed by atoms with Crippen LogP contribution in [0.2, 0.25) is 5.02 Å². The molecule has 3 aromatic rings. The maximum absolute atomic E-state index is 13.2. The zero-order valence-corrected chi connectivity index (χ0v) is 16.4. The van der Waals surface area contributed by atoms with Gasteiger partial charge in [-0.15, -0.1) is 11.3 Å². The number of hydrogen-bond donors (Lipinski definition) is 3. The van der Waals surface area contributed by atoms with E-state index in [0.717, 1.165) is 16.0 Å². The number of nitrogens with zero attached hydrogens (tertiary/aromatic N) is 1. The van der Waals surface area contributed by atoms with Crippen LogP contribution in [0.1, 0.15) is 22.0 Å². The molecule has 2 unspecified atom stereocenters. The number of thiazole rings is 1. The lowest BCUT2D eigenvalue weighted by Gasteiger charge is -2.17. The van der Waals surface area contributed by atoms with Crippen LogP contribution in [0.4, 0.5) is 9.52 Å². The van der Waals surface area contributed by atoms with Gasteiger partial charge in [0.05, 0.1) is 12.0 Å². The predicted molar refractivity (Wildman–Crippen MR) is 109 cm³/mol. The van der Waals surface area contributed by atoms with Crippen molar-refractivity contribution in [3.63, 3.8) is 0 Å². The Hall–Kier alpha value is -2.32. The van der Waals surface area contributed by atoms with Crippen LogP contribution in [0.25, 0.3) is 0 Å². The third-order valence-electron chi connectivity index (χ3n) is 4.60. The third kappa shape index (κ3) is 4.39. The average molecular weight is 417 g/mol. The molecule has 0 spiro atoms. The van der Waals surface area contributed by atoms with Gasteiger partial charge in [-0.3, -0.25) is 10.2 Å². The Balaban J connectivity index is 1.42. The molecule has 8 heteroatoms. The van der Waals surface area contributed by atoms with Crippen LogP contribution in [0, 0.1) is 11.7 Å².